The van der Waals surface area contributed by atoms with Gasteiger partial charge in [0.25, 0.3) is 5.91 Å². The standard InChI is InChI=1S/C13H17N3O3S/c1-13(2,3)19-12(18)15-11-14-8-6-16(7-4-5-7)10(17)9(8)20-11/h7H,4-6H2,1-3H3,(H,14,15,18). The molecule has 1 aromatic heterocycles. The number of thiazole rings is 1. The Balaban J connectivity index is 1.67. The number of anilines is 1. The van der Waals surface area contributed by atoms with Gasteiger partial charge in [0.2, 0.25) is 0 Å². The van der Waals surface area contributed by atoms with Gasteiger partial charge in [0, 0.05) is 6.04 Å². The SMILES string of the molecule is CC(C)(C)OC(=O)Nc1nc2c(s1)C(=O)N(C1CC1)C2. The molecule has 1 aliphatic heterocycles. The molecule has 2 amide bonds. The Morgan fingerprint density at radius 3 is 2.70 bits per heavy atom. The minimum absolute atomic E-state index is 0.0391. The summed E-state index contributed by atoms with van der Waals surface area (Å²) < 4.78 is 5.16. The lowest BCUT2D eigenvalue weighted by Crippen LogP contribution is -2.27. The molecule has 6 nitrogen and oxygen atoms in total. The number of rotatable bonds is 2. The molecule has 20 heavy (non-hydrogen) atoms. The fourth-order valence-electron chi connectivity index (χ4n) is 2.12. The predicted molar refractivity (Wildman–Crippen MR) is 74.9 cm³/mol. The second kappa shape index (κ2) is 4.44. The summed E-state index contributed by atoms with van der Waals surface area (Å²) in [5.74, 6) is 0.0391. The van der Waals surface area contributed by atoms with Gasteiger partial charge in [-0.3, -0.25) is 10.1 Å². The van der Waals surface area contributed by atoms with E-state index in [4.69, 9.17) is 4.74 Å². The van der Waals surface area contributed by atoms with Crippen molar-refractivity contribution in [3.05, 3.63) is 10.6 Å². The van der Waals surface area contributed by atoms with Crippen LogP contribution in [0.5, 0.6) is 0 Å². The number of hydrogen-bond acceptors (Lipinski definition) is 5. The van der Waals surface area contributed by atoms with Crippen LogP contribution in [0.3, 0.4) is 0 Å². The van der Waals surface area contributed by atoms with E-state index in [-0.39, 0.29) is 5.91 Å². The number of amides is 2. The number of ether oxygens (including phenoxy) is 1. The van der Waals surface area contributed by atoms with Gasteiger partial charge >= 0.3 is 6.09 Å². The average Bonchev–Trinajstić information content (AvgIpc) is 2.99. The third-order valence-corrected chi connectivity index (χ3v) is 4.07. The Kier molecular flexibility index (Phi) is 2.97. The van der Waals surface area contributed by atoms with Gasteiger partial charge in [-0.15, -0.1) is 0 Å². The molecule has 7 heteroatoms. The number of fused-ring (bicyclic) bond motifs is 1. The van der Waals surface area contributed by atoms with Crippen LogP contribution in [0.2, 0.25) is 0 Å². The Labute approximate surface area is 121 Å². The average molecular weight is 295 g/mol. The maximum atomic E-state index is 12.2. The molecule has 0 bridgehead atoms. The van der Waals surface area contributed by atoms with Crippen molar-refractivity contribution in [3.8, 4) is 0 Å². The van der Waals surface area contributed by atoms with Gasteiger partial charge in [-0.1, -0.05) is 11.3 Å². The molecular formula is C13H17N3O3S. The fourth-order valence-corrected chi connectivity index (χ4v) is 3.03. The molecule has 2 aliphatic rings. The van der Waals surface area contributed by atoms with Crippen molar-refractivity contribution in [1.82, 2.24) is 9.88 Å². The highest BCUT2D eigenvalue weighted by Crippen LogP contribution is 2.37. The van der Waals surface area contributed by atoms with Crippen LogP contribution in [-0.4, -0.2) is 33.5 Å². The largest absolute Gasteiger partial charge is 0.444 e. The first-order valence-corrected chi connectivity index (χ1v) is 7.46. The molecule has 0 saturated heterocycles. The van der Waals surface area contributed by atoms with Crippen LogP contribution < -0.4 is 5.32 Å². The molecule has 1 saturated carbocycles. The topological polar surface area (TPSA) is 71.5 Å². The van der Waals surface area contributed by atoms with E-state index < -0.39 is 11.7 Å². The lowest BCUT2D eigenvalue weighted by Gasteiger charge is -2.19. The number of carbonyl (C=O) groups is 2. The lowest BCUT2D eigenvalue weighted by molar-refractivity contribution is 0.0635. The Bertz CT molecular complexity index is 572. The first-order chi connectivity index (χ1) is 9.33. The number of carbonyl (C=O) groups excluding carboxylic acids is 2. The number of hydrogen-bond donors (Lipinski definition) is 1. The molecule has 0 unspecified atom stereocenters. The van der Waals surface area contributed by atoms with Crippen molar-refractivity contribution in [2.24, 2.45) is 0 Å². The maximum absolute atomic E-state index is 12.2. The Hall–Kier alpha value is -1.63. The smallest absolute Gasteiger partial charge is 0.413 e. The summed E-state index contributed by atoms with van der Waals surface area (Å²) in [6.07, 6.45) is 1.63. The van der Waals surface area contributed by atoms with Crippen molar-refractivity contribution < 1.29 is 14.3 Å². The van der Waals surface area contributed by atoms with Gasteiger partial charge in [0.15, 0.2) is 5.13 Å². The van der Waals surface area contributed by atoms with Crippen LogP contribution in [0.1, 0.15) is 49.0 Å². The molecule has 1 fully saturated rings. The van der Waals surface area contributed by atoms with E-state index in [0.717, 1.165) is 18.5 Å². The molecule has 2 heterocycles. The summed E-state index contributed by atoms with van der Waals surface area (Å²) in [5.41, 5.74) is 0.209. The second-order valence-corrected chi connectivity index (χ2v) is 7.09. The van der Waals surface area contributed by atoms with Crippen LogP contribution in [-0.2, 0) is 11.3 Å². The second-order valence-electron chi connectivity index (χ2n) is 6.09. The molecule has 0 aromatic carbocycles. The minimum Gasteiger partial charge on any atom is -0.444 e. The predicted octanol–water partition coefficient (Wildman–Crippen LogP) is 2.61. The van der Waals surface area contributed by atoms with Gasteiger partial charge in [-0.25, -0.2) is 9.78 Å². The molecule has 0 spiro atoms. The van der Waals surface area contributed by atoms with Crippen molar-refractivity contribution in [1.29, 1.82) is 0 Å². The van der Waals surface area contributed by atoms with Gasteiger partial charge in [-0.2, -0.15) is 0 Å². The summed E-state index contributed by atoms with van der Waals surface area (Å²) in [7, 11) is 0. The zero-order chi connectivity index (χ0) is 14.5. The van der Waals surface area contributed by atoms with Crippen LogP contribution >= 0.6 is 11.3 Å². The van der Waals surface area contributed by atoms with E-state index in [1.165, 1.54) is 11.3 Å². The van der Waals surface area contributed by atoms with Crippen molar-refractivity contribution in [2.45, 2.75) is 51.8 Å². The lowest BCUT2D eigenvalue weighted by atomic mass is 10.2. The van der Waals surface area contributed by atoms with Gasteiger partial charge in [0.05, 0.1) is 12.2 Å². The highest BCUT2D eigenvalue weighted by molar-refractivity contribution is 7.17. The molecular weight excluding hydrogens is 278 g/mol. The summed E-state index contributed by atoms with van der Waals surface area (Å²) in [5, 5.41) is 3.01. The van der Waals surface area contributed by atoms with E-state index >= 15 is 0 Å². The van der Waals surface area contributed by atoms with Crippen molar-refractivity contribution >= 4 is 28.5 Å². The monoisotopic (exact) mass is 295 g/mol. The number of aromatic nitrogens is 1. The molecule has 0 atom stereocenters. The summed E-state index contributed by atoms with van der Waals surface area (Å²) in [6.45, 7) is 5.95. The van der Waals surface area contributed by atoms with E-state index in [1.54, 1.807) is 20.8 Å². The first kappa shape index (κ1) is 13.4. The van der Waals surface area contributed by atoms with Crippen molar-refractivity contribution in [2.75, 3.05) is 5.32 Å². The molecule has 3 rings (SSSR count). The van der Waals surface area contributed by atoms with Gasteiger partial charge in [-0.05, 0) is 33.6 Å². The van der Waals surface area contributed by atoms with Crippen LogP contribution in [0, 0.1) is 0 Å². The van der Waals surface area contributed by atoms with E-state index in [0.29, 0.717) is 22.6 Å². The van der Waals surface area contributed by atoms with Crippen LogP contribution in [0.4, 0.5) is 9.93 Å². The van der Waals surface area contributed by atoms with E-state index in [2.05, 4.69) is 10.3 Å². The molecule has 1 N–H and O–H groups in total. The quantitative estimate of drug-likeness (QED) is 0.910. The van der Waals surface area contributed by atoms with E-state index in [1.807, 2.05) is 4.90 Å². The van der Waals surface area contributed by atoms with Crippen LogP contribution in [0.15, 0.2) is 0 Å². The maximum Gasteiger partial charge on any atom is 0.413 e. The summed E-state index contributed by atoms with van der Waals surface area (Å²) >= 11 is 1.22. The summed E-state index contributed by atoms with van der Waals surface area (Å²) in [4.78, 5) is 30.6. The minimum atomic E-state index is -0.553. The zero-order valence-electron chi connectivity index (χ0n) is 11.7. The molecule has 1 aromatic rings. The van der Waals surface area contributed by atoms with Gasteiger partial charge < -0.3 is 9.64 Å². The highest BCUT2D eigenvalue weighted by atomic mass is 32.1. The number of nitrogens with zero attached hydrogens (tertiary/aromatic N) is 2. The molecule has 108 valence electrons. The molecule has 1 aliphatic carbocycles. The van der Waals surface area contributed by atoms with Crippen LogP contribution in [0.25, 0.3) is 0 Å². The molecule has 0 radical (unpaired) electrons. The van der Waals surface area contributed by atoms with E-state index in [9.17, 15) is 9.59 Å². The van der Waals surface area contributed by atoms with Gasteiger partial charge in [0.1, 0.15) is 10.5 Å². The van der Waals surface area contributed by atoms with Crippen molar-refractivity contribution in [3.63, 3.8) is 0 Å². The highest BCUT2D eigenvalue weighted by Gasteiger charge is 2.40. The normalized spacial score (nSPS) is 18.1. The fraction of sp³-hybridized carbons (Fsp3) is 0.615. The third kappa shape index (κ3) is 2.63. The first-order valence-electron chi connectivity index (χ1n) is 6.64. The number of nitrogens with one attached hydrogen (secondary N) is 1. The Morgan fingerprint density at radius 1 is 1.45 bits per heavy atom. The summed E-state index contributed by atoms with van der Waals surface area (Å²) in [6, 6.07) is 0.395. The third-order valence-electron chi connectivity index (χ3n) is 3.07. The Morgan fingerprint density at radius 2 is 2.15 bits per heavy atom. The zero-order valence-corrected chi connectivity index (χ0v) is 12.5.